The lowest BCUT2D eigenvalue weighted by atomic mass is 9.97. The van der Waals surface area contributed by atoms with Crippen LogP contribution in [0.3, 0.4) is 0 Å². The first-order valence-corrected chi connectivity index (χ1v) is 3.12. The van der Waals surface area contributed by atoms with Gasteiger partial charge in [0.2, 0.25) is 5.91 Å². The Kier molecular flexibility index (Phi) is 1.63. The Bertz CT molecular complexity index is 179. The highest BCUT2D eigenvalue weighted by Gasteiger charge is 2.35. The summed E-state index contributed by atoms with van der Waals surface area (Å²) in [6.07, 6.45) is 3.64. The maximum atomic E-state index is 10.8. The molecule has 0 aromatic heterocycles. The molecule has 10 heavy (non-hydrogen) atoms. The second kappa shape index (κ2) is 2.30. The third-order valence-electron chi connectivity index (χ3n) is 1.66. The maximum absolute atomic E-state index is 10.8. The molecule has 0 spiro atoms. The molecule has 4 nitrogen and oxygen atoms in total. The van der Waals surface area contributed by atoms with Gasteiger partial charge in [-0.15, -0.1) is 5.48 Å². The van der Waals surface area contributed by atoms with E-state index in [0.29, 0.717) is 6.42 Å². The molecule has 0 aliphatic carbocycles. The van der Waals surface area contributed by atoms with Gasteiger partial charge in [0.15, 0.2) is 5.54 Å². The summed E-state index contributed by atoms with van der Waals surface area (Å²) in [6, 6.07) is 0. The van der Waals surface area contributed by atoms with E-state index in [1.54, 1.807) is 6.08 Å². The van der Waals surface area contributed by atoms with Crippen molar-refractivity contribution < 1.29 is 9.63 Å². The minimum atomic E-state index is -0.778. The Hall–Kier alpha value is -1.03. The van der Waals surface area contributed by atoms with Gasteiger partial charge in [-0.25, -0.2) is 0 Å². The van der Waals surface area contributed by atoms with Crippen molar-refractivity contribution in [2.75, 3.05) is 0 Å². The predicted octanol–water partition coefficient (Wildman–Crippen LogP) is -0.331. The first-order valence-electron chi connectivity index (χ1n) is 3.12. The molecule has 1 atom stereocenters. The van der Waals surface area contributed by atoms with Crippen molar-refractivity contribution in [1.82, 2.24) is 5.48 Å². The van der Waals surface area contributed by atoms with E-state index < -0.39 is 11.4 Å². The molecule has 0 radical (unpaired) electrons. The third-order valence-corrected chi connectivity index (χ3v) is 1.66. The minimum Gasteiger partial charge on any atom is -0.415 e. The smallest absolute Gasteiger partial charge is 0.245 e. The van der Waals surface area contributed by atoms with Gasteiger partial charge in [0.1, 0.15) is 6.26 Å². The van der Waals surface area contributed by atoms with Gasteiger partial charge in [-0.05, 0) is 12.5 Å². The van der Waals surface area contributed by atoms with Crippen LogP contribution in [0, 0.1) is 0 Å². The molecule has 56 valence electrons. The monoisotopic (exact) mass is 142 g/mol. The number of hydrogen-bond donors (Lipinski definition) is 2. The van der Waals surface area contributed by atoms with Crippen molar-refractivity contribution in [1.29, 1.82) is 0 Å². The molecule has 1 aliphatic rings. The van der Waals surface area contributed by atoms with E-state index in [-0.39, 0.29) is 0 Å². The zero-order valence-electron chi connectivity index (χ0n) is 5.76. The lowest BCUT2D eigenvalue weighted by molar-refractivity contribution is -0.125. The topological polar surface area (TPSA) is 64.4 Å². The highest BCUT2D eigenvalue weighted by Crippen LogP contribution is 2.15. The summed E-state index contributed by atoms with van der Waals surface area (Å²) in [5.41, 5.74) is 6.87. The number of amides is 1. The average molecular weight is 142 g/mol. The van der Waals surface area contributed by atoms with Gasteiger partial charge in [-0.2, -0.15) is 0 Å². The van der Waals surface area contributed by atoms with E-state index >= 15 is 0 Å². The van der Waals surface area contributed by atoms with Crippen LogP contribution in [0.1, 0.15) is 13.3 Å². The van der Waals surface area contributed by atoms with E-state index in [1.807, 2.05) is 6.92 Å². The fraction of sp³-hybridized carbons (Fsp3) is 0.500. The Balaban J connectivity index is 2.78. The molecule has 1 heterocycles. The van der Waals surface area contributed by atoms with E-state index in [1.165, 1.54) is 6.26 Å². The third kappa shape index (κ3) is 0.863. The highest BCUT2D eigenvalue weighted by atomic mass is 16.6. The van der Waals surface area contributed by atoms with Gasteiger partial charge in [-0.1, -0.05) is 6.92 Å². The van der Waals surface area contributed by atoms with E-state index in [9.17, 15) is 4.79 Å². The number of hydroxylamine groups is 1. The van der Waals surface area contributed by atoms with Crippen LogP contribution < -0.4 is 11.2 Å². The van der Waals surface area contributed by atoms with Crippen LogP contribution in [0.4, 0.5) is 0 Å². The number of hydrogen-bond acceptors (Lipinski definition) is 3. The molecule has 3 N–H and O–H groups in total. The number of primary amides is 1. The summed E-state index contributed by atoms with van der Waals surface area (Å²) < 4.78 is 0. The van der Waals surface area contributed by atoms with E-state index in [0.717, 1.165) is 0 Å². The quantitative estimate of drug-likeness (QED) is 0.554. The predicted molar refractivity (Wildman–Crippen MR) is 35.6 cm³/mol. The van der Waals surface area contributed by atoms with Crippen molar-refractivity contribution >= 4 is 5.91 Å². The Labute approximate surface area is 59.0 Å². The number of rotatable bonds is 2. The van der Waals surface area contributed by atoms with Crippen molar-refractivity contribution in [3.8, 4) is 0 Å². The van der Waals surface area contributed by atoms with Crippen molar-refractivity contribution in [2.45, 2.75) is 18.9 Å². The molecule has 0 aromatic rings. The summed E-state index contributed by atoms with van der Waals surface area (Å²) in [7, 11) is 0. The van der Waals surface area contributed by atoms with Crippen LogP contribution in [-0.4, -0.2) is 11.4 Å². The largest absolute Gasteiger partial charge is 0.415 e. The number of nitrogens with two attached hydrogens (primary N) is 1. The SMILES string of the molecule is CCC1(C(N)=O)C=CON1. The van der Waals surface area contributed by atoms with Gasteiger partial charge in [0, 0.05) is 0 Å². The lowest BCUT2D eigenvalue weighted by Crippen LogP contribution is -2.50. The molecule has 1 aliphatic heterocycles. The molecular weight excluding hydrogens is 132 g/mol. The molecule has 1 rings (SSSR count). The summed E-state index contributed by atoms with van der Waals surface area (Å²) in [5, 5.41) is 0. The number of nitrogens with one attached hydrogen (secondary N) is 1. The molecular formula is C6H10N2O2. The molecule has 0 aromatic carbocycles. The fourth-order valence-corrected chi connectivity index (χ4v) is 0.820. The second-order valence-electron chi connectivity index (χ2n) is 2.21. The van der Waals surface area contributed by atoms with Gasteiger partial charge < -0.3 is 10.6 Å². The zero-order valence-corrected chi connectivity index (χ0v) is 5.76. The molecule has 0 saturated carbocycles. The lowest BCUT2D eigenvalue weighted by Gasteiger charge is -2.19. The van der Waals surface area contributed by atoms with Gasteiger partial charge in [0.05, 0.1) is 0 Å². The second-order valence-corrected chi connectivity index (χ2v) is 2.21. The minimum absolute atomic E-state index is 0.413. The van der Waals surface area contributed by atoms with Gasteiger partial charge >= 0.3 is 0 Å². The van der Waals surface area contributed by atoms with Crippen LogP contribution in [0.25, 0.3) is 0 Å². The molecule has 1 unspecified atom stereocenters. The zero-order chi connectivity index (χ0) is 7.61. The average Bonchev–Trinajstić information content (AvgIpc) is 2.35. The number of carbonyl (C=O) groups is 1. The molecule has 1 amide bonds. The first kappa shape index (κ1) is 7.08. The standard InChI is InChI=1S/C6H10N2O2/c1-2-6(5(7)9)3-4-10-8-6/h3-4,8H,2H2,1H3,(H2,7,9). The van der Waals surface area contributed by atoms with Crippen molar-refractivity contribution in [2.24, 2.45) is 5.73 Å². The van der Waals surface area contributed by atoms with Gasteiger partial charge in [-0.3, -0.25) is 4.79 Å². The molecule has 4 heteroatoms. The first-order chi connectivity index (χ1) is 4.71. The molecule has 0 saturated heterocycles. The van der Waals surface area contributed by atoms with Crippen molar-refractivity contribution in [3.63, 3.8) is 0 Å². The maximum Gasteiger partial charge on any atom is 0.245 e. The van der Waals surface area contributed by atoms with Gasteiger partial charge in [0.25, 0.3) is 0 Å². The van der Waals surface area contributed by atoms with Crippen LogP contribution in [0.2, 0.25) is 0 Å². The van der Waals surface area contributed by atoms with Crippen LogP contribution in [-0.2, 0) is 9.63 Å². The summed E-state index contributed by atoms with van der Waals surface area (Å²) in [6.45, 7) is 1.86. The summed E-state index contributed by atoms with van der Waals surface area (Å²) in [5.74, 6) is -0.413. The Morgan fingerprint density at radius 2 is 2.60 bits per heavy atom. The van der Waals surface area contributed by atoms with Crippen LogP contribution in [0.15, 0.2) is 12.3 Å². The molecule has 0 fully saturated rings. The number of carbonyl (C=O) groups excluding carboxylic acids is 1. The van der Waals surface area contributed by atoms with Crippen molar-refractivity contribution in [3.05, 3.63) is 12.3 Å². The highest BCUT2D eigenvalue weighted by molar-refractivity contribution is 5.87. The normalized spacial score (nSPS) is 30.1. The van der Waals surface area contributed by atoms with Crippen LogP contribution in [0.5, 0.6) is 0 Å². The summed E-state index contributed by atoms with van der Waals surface area (Å²) >= 11 is 0. The Morgan fingerprint density at radius 3 is 2.80 bits per heavy atom. The van der Waals surface area contributed by atoms with E-state index in [2.05, 4.69) is 10.3 Å². The molecule has 0 bridgehead atoms. The van der Waals surface area contributed by atoms with E-state index in [4.69, 9.17) is 5.73 Å². The van der Waals surface area contributed by atoms with Crippen LogP contribution >= 0.6 is 0 Å². The summed E-state index contributed by atoms with van der Waals surface area (Å²) in [4.78, 5) is 15.5. The Morgan fingerprint density at radius 1 is 1.90 bits per heavy atom. The fourth-order valence-electron chi connectivity index (χ4n) is 0.820.